The number of anilines is 1. The van der Waals surface area contributed by atoms with Crippen molar-refractivity contribution in [2.75, 3.05) is 25.6 Å². The molecule has 0 atom stereocenters. The van der Waals surface area contributed by atoms with E-state index in [-0.39, 0.29) is 17.3 Å². The highest BCUT2D eigenvalue weighted by atomic mass is 32.2. The van der Waals surface area contributed by atoms with E-state index in [1.54, 1.807) is 0 Å². The van der Waals surface area contributed by atoms with E-state index in [4.69, 9.17) is 10.5 Å². The Kier molecular flexibility index (Phi) is 3.57. The summed E-state index contributed by atoms with van der Waals surface area (Å²) < 4.78 is 32.0. The second-order valence-corrected chi connectivity index (χ2v) is 5.96. The van der Waals surface area contributed by atoms with E-state index in [0.717, 1.165) is 6.20 Å². The lowest BCUT2D eigenvalue weighted by atomic mass is 9.93. The van der Waals surface area contributed by atoms with Crippen molar-refractivity contribution in [1.29, 1.82) is 0 Å². The predicted octanol–water partition coefficient (Wildman–Crippen LogP) is -1.19. The quantitative estimate of drug-likeness (QED) is 0.547. The maximum Gasteiger partial charge on any atom is 0.246 e. The zero-order valence-corrected chi connectivity index (χ0v) is 10.5. The molecule has 1 fully saturated rings. The van der Waals surface area contributed by atoms with Crippen molar-refractivity contribution in [3.05, 3.63) is 6.20 Å². The number of ether oxygens (including phenoxy) is 1. The molecule has 1 aliphatic rings. The van der Waals surface area contributed by atoms with Gasteiger partial charge in [-0.3, -0.25) is 5.10 Å². The minimum atomic E-state index is -3.80. The molecule has 0 aromatic carbocycles. The van der Waals surface area contributed by atoms with Gasteiger partial charge in [-0.25, -0.2) is 13.1 Å². The summed E-state index contributed by atoms with van der Waals surface area (Å²) in [6.45, 7) is 0.529. The Morgan fingerprint density at radius 3 is 2.72 bits per heavy atom. The van der Waals surface area contributed by atoms with E-state index < -0.39 is 15.6 Å². The first-order valence-electron chi connectivity index (χ1n) is 5.50. The number of aliphatic hydroxyl groups is 1. The summed E-state index contributed by atoms with van der Waals surface area (Å²) in [4.78, 5) is -0.109. The molecule has 0 spiro atoms. The second kappa shape index (κ2) is 4.84. The molecule has 102 valence electrons. The lowest BCUT2D eigenvalue weighted by molar-refractivity contribution is 0.0223. The summed E-state index contributed by atoms with van der Waals surface area (Å²) in [5.41, 5.74) is 4.60. The van der Waals surface area contributed by atoms with Crippen molar-refractivity contribution in [2.45, 2.75) is 23.3 Å². The van der Waals surface area contributed by atoms with Gasteiger partial charge in [0.25, 0.3) is 0 Å². The number of sulfonamides is 1. The minimum Gasteiger partial charge on any atom is -0.394 e. The van der Waals surface area contributed by atoms with Crippen LogP contribution in [-0.4, -0.2) is 49.1 Å². The first kappa shape index (κ1) is 13.3. The van der Waals surface area contributed by atoms with Gasteiger partial charge < -0.3 is 15.6 Å². The van der Waals surface area contributed by atoms with Crippen LogP contribution in [0.4, 0.5) is 5.82 Å². The van der Waals surface area contributed by atoms with E-state index in [9.17, 15) is 13.5 Å². The third kappa shape index (κ3) is 2.48. The van der Waals surface area contributed by atoms with E-state index in [0.29, 0.717) is 26.1 Å². The van der Waals surface area contributed by atoms with Gasteiger partial charge in [0.15, 0.2) is 0 Å². The van der Waals surface area contributed by atoms with Crippen LogP contribution in [0.25, 0.3) is 0 Å². The SMILES string of the molecule is Nc1[nH]ncc1S(=O)(=O)NC1(CO)CCOCC1. The Labute approximate surface area is 105 Å². The molecule has 1 saturated heterocycles. The number of hydrogen-bond acceptors (Lipinski definition) is 6. The number of aromatic nitrogens is 2. The van der Waals surface area contributed by atoms with Crippen LogP contribution in [0.5, 0.6) is 0 Å². The molecule has 0 saturated carbocycles. The molecule has 2 rings (SSSR count). The van der Waals surface area contributed by atoms with E-state index in [2.05, 4.69) is 14.9 Å². The van der Waals surface area contributed by atoms with Gasteiger partial charge in [0.05, 0.1) is 18.3 Å². The molecule has 5 N–H and O–H groups in total. The zero-order valence-electron chi connectivity index (χ0n) is 9.72. The lowest BCUT2D eigenvalue weighted by Crippen LogP contribution is -2.54. The van der Waals surface area contributed by atoms with Crippen molar-refractivity contribution in [3.63, 3.8) is 0 Å². The average molecular weight is 276 g/mol. The maximum atomic E-state index is 12.1. The molecule has 1 aromatic heterocycles. The zero-order chi connectivity index (χ0) is 13.2. The normalized spacial score (nSPS) is 19.8. The summed E-state index contributed by atoms with van der Waals surface area (Å²) in [6, 6.07) is 0. The third-order valence-corrected chi connectivity index (χ3v) is 4.63. The highest BCUT2D eigenvalue weighted by Gasteiger charge is 2.37. The number of aliphatic hydroxyl groups excluding tert-OH is 1. The Bertz CT molecular complexity index is 506. The fraction of sp³-hybridized carbons (Fsp3) is 0.667. The van der Waals surface area contributed by atoms with Crippen molar-refractivity contribution >= 4 is 15.8 Å². The highest BCUT2D eigenvalue weighted by Crippen LogP contribution is 2.24. The molecular formula is C9H16N4O4S. The molecule has 0 radical (unpaired) electrons. The summed E-state index contributed by atoms with van der Waals surface area (Å²) in [7, 11) is -3.80. The molecule has 8 nitrogen and oxygen atoms in total. The van der Waals surface area contributed by atoms with Gasteiger partial charge >= 0.3 is 0 Å². The monoisotopic (exact) mass is 276 g/mol. The number of nitrogens with one attached hydrogen (secondary N) is 2. The summed E-state index contributed by atoms with van der Waals surface area (Å²) >= 11 is 0. The fourth-order valence-corrected chi connectivity index (χ4v) is 3.37. The van der Waals surface area contributed by atoms with E-state index >= 15 is 0 Å². The van der Waals surface area contributed by atoms with Crippen LogP contribution in [0.2, 0.25) is 0 Å². The molecule has 18 heavy (non-hydrogen) atoms. The van der Waals surface area contributed by atoms with Gasteiger partial charge in [0.1, 0.15) is 10.7 Å². The molecule has 0 bridgehead atoms. The van der Waals surface area contributed by atoms with Gasteiger partial charge in [-0.2, -0.15) is 5.10 Å². The summed E-state index contributed by atoms with van der Waals surface area (Å²) in [5, 5.41) is 15.4. The molecule has 9 heteroatoms. The lowest BCUT2D eigenvalue weighted by Gasteiger charge is -2.35. The Morgan fingerprint density at radius 2 is 2.22 bits per heavy atom. The standard InChI is InChI=1S/C9H16N4O4S/c10-8-7(5-11-12-8)18(15,16)13-9(6-14)1-3-17-4-2-9/h5,13-14H,1-4,6H2,(H3,10,11,12). The van der Waals surface area contributed by atoms with Crippen molar-refractivity contribution < 1.29 is 18.3 Å². The van der Waals surface area contributed by atoms with Crippen LogP contribution < -0.4 is 10.5 Å². The van der Waals surface area contributed by atoms with Crippen LogP contribution in [-0.2, 0) is 14.8 Å². The Balaban J connectivity index is 2.24. The number of nitrogens with zero attached hydrogens (tertiary/aromatic N) is 1. The second-order valence-electron chi connectivity index (χ2n) is 4.30. The Morgan fingerprint density at radius 1 is 1.56 bits per heavy atom. The highest BCUT2D eigenvalue weighted by molar-refractivity contribution is 7.89. The van der Waals surface area contributed by atoms with Gasteiger partial charge in [-0.05, 0) is 12.8 Å². The van der Waals surface area contributed by atoms with Gasteiger partial charge in [-0.15, -0.1) is 0 Å². The van der Waals surface area contributed by atoms with Gasteiger partial charge in [-0.1, -0.05) is 0 Å². The average Bonchev–Trinajstić information content (AvgIpc) is 2.77. The smallest absolute Gasteiger partial charge is 0.246 e. The molecule has 1 aliphatic heterocycles. The van der Waals surface area contributed by atoms with Gasteiger partial charge in [0, 0.05) is 13.2 Å². The first-order chi connectivity index (χ1) is 8.49. The first-order valence-corrected chi connectivity index (χ1v) is 6.99. The van der Waals surface area contributed by atoms with E-state index in [1.165, 1.54) is 0 Å². The number of aromatic amines is 1. The van der Waals surface area contributed by atoms with E-state index in [1.807, 2.05) is 0 Å². The fourth-order valence-electron chi connectivity index (χ4n) is 1.89. The third-order valence-electron chi connectivity index (χ3n) is 3.03. The molecule has 1 aromatic rings. The molecule has 2 heterocycles. The topological polar surface area (TPSA) is 130 Å². The number of hydrogen-bond donors (Lipinski definition) is 4. The number of nitrogen functional groups attached to an aromatic ring is 1. The number of H-pyrrole nitrogens is 1. The molecular weight excluding hydrogens is 260 g/mol. The number of rotatable bonds is 4. The number of nitrogens with two attached hydrogens (primary N) is 1. The largest absolute Gasteiger partial charge is 0.394 e. The summed E-state index contributed by atoms with van der Waals surface area (Å²) in [6.07, 6.45) is 1.98. The van der Waals surface area contributed by atoms with Gasteiger partial charge in [0.2, 0.25) is 10.0 Å². The van der Waals surface area contributed by atoms with Crippen molar-refractivity contribution in [2.24, 2.45) is 0 Å². The molecule has 0 aliphatic carbocycles. The van der Waals surface area contributed by atoms with Crippen LogP contribution >= 0.6 is 0 Å². The Hall–Kier alpha value is -1.16. The maximum absolute atomic E-state index is 12.1. The predicted molar refractivity (Wildman–Crippen MR) is 63.2 cm³/mol. The van der Waals surface area contributed by atoms with Crippen LogP contribution in [0.15, 0.2) is 11.1 Å². The van der Waals surface area contributed by atoms with Crippen molar-refractivity contribution in [1.82, 2.24) is 14.9 Å². The summed E-state index contributed by atoms with van der Waals surface area (Å²) in [5.74, 6) is -0.0253. The minimum absolute atomic E-state index is 0.0253. The van der Waals surface area contributed by atoms with Crippen molar-refractivity contribution in [3.8, 4) is 0 Å². The molecule has 0 amide bonds. The molecule has 0 unspecified atom stereocenters. The van der Waals surface area contributed by atoms with Crippen LogP contribution in [0.1, 0.15) is 12.8 Å². The van der Waals surface area contributed by atoms with Crippen LogP contribution in [0.3, 0.4) is 0 Å². The van der Waals surface area contributed by atoms with Crippen LogP contribution in [0, 0.1) is 0 Å².